The number of nitrogens with one attached hydrogen (secondary N) is 1. The third-order valence-corrected chi connectivity index (χ3v) is 4.60. The highest BCUT2D eigenvalue weighted by Gasteiger charge is 2.21. The molecule has 9 heteroatoms. The molecule has 2 heterocycles. The molecule has 2 aromatic carbocycles. The Hall–Kier alpha value is -3.88. The summed E-state index contributed by atoms with van der Waals surface area (Å²) in [5.41, 5.74) is 3.07. The van der Waals surface area contributed by atoms with Gasteiger partial charge in [-0.1, -0.05) is 18.2 Å². The number of imidazole rings is 1. The van der Waals surface area contributed by atoms with Crippen LogP contribution in [0.3, 0.4) is 0 Å². The minimum Gasteiger partial charge on any atom is -0.490 e. The molecular formula is C22H23N5O4. The Balaban J connectivity index is 1.79. The van der Waals surface area contributed by atoms with Crippen molar-refractivity contribution in [1.82, 2.24) is 19.9 Å². The minimum atomic E-state index is -0.271. The van der Waals surface area contributed by atoms with Gasteiger partial charge in [0.05, 0.1) is 24.2 Å². The lowest BCUT2D eigenvalue weighted by atomic mass is 10.2. The maximum absolute atomic E-state index is 11.6. The second kappa shape index (κ2) is 8.86. The minimum absolute atomic E-state index is 0.228. The molecule has 2 aromatic heterocycles. The van der Waals surface area contributed by atoms with Crippen LogP contribution in [0.5, 0.6) is 11.5 Å². The number of hydrogen-bond donors (Lipinski definition) is 1. The Labute approximate surface area is 178 Å². The molecule has 0 unspecified atom stereocenters. The van der Waals surface area contributed by atoms with Crippen molar-refractivity contribution < 1.29 is 18.9 Å². The number of fused-ring (bicyclic) bond motifs is 1. The van der Waals surface area contributed by atoms with Crippen molar-refractivity contribution in [3.05, 3.63) is 48.0 Å². The van der Waals surface area contributed by atoms with E-state index in [1.807, 2.05) is 60.9 Å². The van der Waals surface area contributed by atoms with Gasteiger partial charge in [-0.3, -0.25) is 4.79 Å². The Morgan fingerprint density at radius 2 is 1.84 bits per heavy atom. The van der Waals surface area contributed by atoms with Crippen LogP contribution in [0.2, 0.25) is 0 Å². The van der Waals surface area contributed by atoms with Gasteiger partial charge in [-0.05, 0) is 54.0 Å². The highest BCUT2D eigenvalue weighted by Crippen LogP contribution is 2.32. The molecular weight excluding hydrogens is 398 g/mol. The molecule has 0 bridgehead atoms. The van der Waals surface area contributed by atoms with E-state index in [4.69, 9.17) is 19.1 Å². The lowest BCUT2D eigenvalue weighted by Crippen LogP contribution is -2.09. The van der Waals surface area contributed by atoms with Gasteiger partial charge in [-0.25, -0.2) is 9.61 Å². The highest BCUT2D eigenvalue weighted by atomic mass is 16.6. The molecule has 0 fully saturated rings. The first-order valence-corrected chi connectivity index (χ1v) is 10.0. The van der Waals surface area contributed by atoms with Crippen LogP contribution in [-0.4, -0.2) is 39.0 Å². The van der Waals surface area contributed by atoms with Crippen LogP contribution in [0.15, 0.2) is 47.1 Å². The van der Waals surface area contributed by atoms with E-state index in [1.54, 1.807) is 0 Å². The molecule has 0 aliphatic heterocycles. The fourth-order valence-electron chi connectivity index (χ4n) is 3.38. The molecule has 0 saturated heterocycles. The van der Waals surface area contributed by atoms with Gasteiger partial charge >= 0.3 is 0 Å². The molecule has 0 aliphatic carbocycles. The molecule has 0 spiro atoms. The number of hydrogen-bond acceptors (Lipinski definition) is 7. The first-order valence-electron chi connectivity index (χ1n) is 10.0. The van der Waals surface area contributed by atoms with E-state index < -0.39 is 0 Å². The van der Waals surface area contributed by atoms with Gasteiger partial charge in [0.15, 0.2) is 23.0 Å². The average Bonchev–Trinajstić information content (AvgIpc) is 3.34. The Morgan fingerprint density at radius 3 is 2.61 bits per heavy atom. The molecule has 0 atom stereocenters. The zero-order valence-electron chi connectivity index (χ0n) is 17.6. The van der Waals surface area contributed by atoms with E-state index in [0.29, 0.717) is 42.8 Å². The van der Waals surface area contributed by atoms with Crippen LogP contribution in [0.25, 0.3) is 22.6 Å². The number of aromatic nitrogens is 4. The topological polar surface area (TPSA) is 104 Å². The van der Waals surface area contributed by atoms with E-state index >= 15 is 0 Å². The summed E-state index contributed by atoms with van der Waals surface area (Å²) in [4.78, 5) is 16.3. The highest BCUT2D eigenvalue weighted by molar-refractivity contribution is 5.91. The lowest BCUT2D eigenvalue weighted by Gasteiger charge is -2.14. The smallest absolute Gasteiger partial charge is 0.222 e. The molecule has 0 aliphatic rings. The quantitative estimate of drug-likeness (QED) is 0.460. The van der Waals surface area contributed by atoms with Gasteiger partial charge in [0.1, 0.15) is 0 Å². The normalized spacial score (nSPS) is 10.9. The van der Waals surface area contributed by atoms with E-state index in [9.17, 15) is 4.79 Å². The van der Waals surface area contributed by atoms with Crippen molar-refractivity contribution in [2.75, 3.05) is 18.5 Å². The third-order valence-electron chi connectivity index (χ3n) is 4.60. The van der Waals surface area contributed by atoms with E-state index in [1.165, 1.54) is 6.92 Å². The molecule has 0 saturated carbocycles. The number of para-hydroxylation sites is 2. The number of anilines is 1. The first-order chi connectivity index (χ1) is 15.1. The van der Waals surface area contributed by atoms with Crippen LogP contribution in [0, 0.1) is 0 Å². The fraction of sp³-hybridized carbons (Fsp3) is 0.273. The second-order valence-electron chi connectivity index (χ2n) is 6.80. The first kappa shape index (κ1) is 20.4. The maximum atomic E-state index is 11.6. The summed E-state index contributed by atoms with van der Waals surface area (Å²) < 4.78 is 18.3. The SMILES string of the molecule is CCOc1ccc(Cn2c(-c3nonc3NC(C)=O)nc3ccccc32)cc1OCC. The van der Waals surface area contributed by atoms with Crippen LogP contribution in [-0.2, 0) is 11.3 Å². The van der Waals surface area contributed by atoms with Gasteiger partial charge in [0.2, 0.25) is 11.7 Å². The molecule has 31 heavy (non-hydrogen) atoms. The van der Waals surface area contributed by atoms with Gasteiger partial charge in [0, 0.05) is 13.5 Å². The second-order valence-corrected chi connectivity index (χ2v) is 6.80. The summed E-state index contributed by atoms with van der Waals surface area (Å²) in [6.07, 6.45) is 0. The van der Waals surface area contributed by atoms with Crippen LogP contribution in [0.1, 0.15) is 26.3 Å². The predicted molar refractivity (Wildman–Crippen MR) is 115 cm³/mol. The van der Waals surface area contributed by atoms with Crippen molar-refractivity contribution in [3.8, 4) is 23.0 Å². The van der Waals surface area contributed by atoms with Crippen molar-refractivity contribution in [3.63, 3.8) is 0 Å². The summed E-state index contributed by atoms with van der Waals surface area (Å²) in [6.45, 7) is 6.86. The summed E-state index contributed by atoms with van der Waals surface area (Å²) in [6, 6.07) is 13.6. The monoisotopic (exact) mass is 421 g/mol. The van der Waals surface area contributed by atoms with Crippen molar-refractivity contribution in [2.45, 2.75) is 27.3 Å². The van der Waals surface area contributed by atoms with Gasteiger partial charge < -0.3 is 19.4 Å². The number of benzene rings is 2. The Kier molecular flexibility index (Phi) is 5.83. The van der Waals surface area contributed by atoms with Gasteiger partial charge in [-0.2, -0.15) is 0 Å². The van der Waals surface area contributed by atoms with Crippen LogP contribution >= 0.6 is 0 Å². The van der Waals surface area contributed by atoms with E-state index in [2.05, 4.69) is 15.6 Å². The number of carbonyl (C=O) groups is 1. The predicted octanol–water partition coefficient (Wildman–Crippen LogP) is 3.89. The summed E-state index contributed by atoms with van der Waals surface area (Å²) in [5.74, 6) is 1.89. The Bertz CT molecular complexity index is 1210. The maximum Gasteiger partial charge on any atom is 0.222 e. The molecule has 9 nitrogen and oxygen atoms in total. The van der Waals surface area contributed by atoms with Crippen LogP contribution in [0.4, 0.5) is 5.82 Å². The molecule has 1 amide bonds. The number of carbonyl (C=O) groups excluding carboxylic acids is 1. The average molecular weight is 421 g/mol. The molecule has 4 rings (SSSR count). The molecule has 160 valence electrons. The van der Waals surface area contributed by atoms with Crippen molar-refractivity contribution in [1.29, 1.82) is 0 Å². The van der Waals surface area contributed by atoms with Crippen molar-refractivity contribution >= 4 is 22.8 Å². The molecule has 4 aromatic rings. The number of rotatable bonds is 8. The Morgan fingerprint density at radius 1 is 1.06 bits per heavy atom. The van der Waals surface area contributed by atoms with Gasteiger partial charge in [-0.15, -0.1) is 0 Å². The number of amides is 1. The largest absolute Gasteiger partial charge is 0.490 e. The molecule has 0 radical (unpaired) electrons. The number of ether oxygens (including phenoxy) is 2. The lowest BCUT2D eigenvalue weighted by molar-refractivity contribution is -0.114. The van der Waals surface area contributed by atoms with Crippen molar-refractivity contribution in [2.24, 2.45) is 0 Å². The third kappa shape index (κ3) is 4.20. The zero-order valence-corrected chi connectivity index (χ0v) is 17.6. The number of nitrogens with zero attached hydrogens (tertiary/aromatic N) is 4. The zero-order chi connectivity index (χ0) is 21.8. The fourth-order valence-corrected chi connectivity index (χ4v) is 3.38. The summed E-state index contributed by atoms with van der Waals surface area (Å²) in [5, 5.41) is 10.4. The standard InChI is InChI=1S/C22H23N5O4/c1-4-29-18-11-10-15(12-19(18)30-5-2)13-27-17-9-7-6-8-16(17)24-22(27)20-21(23-14(3)28)26-31-25-20/h6-12H,4-5,13H2,1-3H3,(H,23,26,28). The van der Waals surface area contributed by atoms with Gasteiger partial charge in [0.25, 0.3) is 0 Å². The van der Waals surface area contributed by atoms with Crippen LogP contribution < -0.4 is 14.8 Å². The van der Waals surface area contributed by atoms with E-state index in [-0.39, 0.29) is 11.7 Å². The summed E-state index contributed by atoms with van der Waals surface area (Å²) >= 11 is 0. The van der Waals surface area contributed by atoms with E-state index in [0.717, 1.165) is 16.6 Å². The summed E-state index contributed by atoms with van der Waals surface area (Å²) in [7, 11) is 0. The molecule has 1 N–H and O–H groups in total.